The van der Waals surface area contributed by atoms with Crippen molar-refractivity contribution < 1.29 is 9.05 Å². The first-order valence-electron chi connectivity index (χ1n) is 6.52. The number of amidine groups is 1. The smallest absolute Gasteiger partial charge is 0.238 e. The van der Waals surface area contributed by atoms with Gasteiger partial charge in [-0.05, 0) is 24.8 Å². The molecule has 1 atom stereocenters. The Bertz CT molecular complexity index is 534. The van der Waals surface area contributed by atoms with Crippen LogP contribution in [0.2, 0.25) is 0 Å². The van der Waals surface area contributed by atoms with E-state index in [1.807, 2.05) is 30.3 Å². The number of hydrogen-bond donors (Lipinski definition) is 0. The highest BCUT2D eigenvalue weighted by atomic mass is 32.2. The lowest BCUT2D eigenvalue weighted by Gasteiger charge is -2.29. The van der Waals surface area contributed by atoms with E-state index in [0.29, 0.717) is 10.1 Å². The Labute approximate surface area is 115 Å². The minimum Gasteiger partial charge on any atom is -0.361 e. The van der Waals surface area contributed by atoms with Crippen molar-refractivity contribution >= 4 is 20.9 Å². The minimum absolute atomic E-state index is 0.557. The Kier molecular flexibility index (Phi) is 3.64. The first-order valence-corrected chi connectivity index (χ1v) is 7.67. The number of piperidine rings is 1. The van der Waals surface area contributed by atoms with Crippen LogP contribution in [0, 0.1) is 0 Å². The fourth-order valence-electron chi connectivity index (χ4n) is 2.33. The van der Waals surface area contributed by atoms with Crippen LogP contribution in [0.1, 0.15) is 24.8 Å². The molecule has 0 spiro atoms. The van der Waals surface area contributed by atoms with Gasteiger partial charge in [0.05, 0.1) is 4.91 Å². The van der Waals surface area contributed by atoms with Gasteiger partial charge in [0.2, 0.25) is 5.17 Å². The van der Waals surface area contributed by atoms with E-state index in [0.717, 1.165) is 31.5 Å². The Hall–Kier alpha value is -1.62. The van der Waals surface area contributed by atoms with Gasteiger partial charge in [-0.1, -0.05) is 35.5 Å². The maximum absolute atomic E-state index is 12.6. The van der Waals surface area contributed by atoms with E-state index in [1.165, 1.54) is 12.7 Å². The Morgan fingerprint density at radius 1 is 1.11 bits per heavy atom. The molecule has 2 aliphatic heterocycles. The van der Waals surface area contributed by atoms with Crippen molar-refractivity contribution in [2.24, 2.45) is 5.16 Å². The molecule has 5 heteroatoms. The van der Waals surface area contributed by atoms with Gasteiger partial charge in [-0.25, -0.2) is 4.21 Å². The summed E-state index contributed by atoms with van der Waals surface area (Å²) in [7, 11) is -1.25. The molecule has 0 saturated carbocycles. The molecule has 1 aromatic carbocycles. The molecule has 0 amide bonds. The van der Waals surface area contributed by atoms with Crippen LogP contribution in [-0.2, 0) is 15.6 Å². The van der Waals surface area contributed by atoms with Crippen molar-refractivity contribution in [3.63, 3.8) is 0 Å². The summed E-state index contributed by atoms with van der Waals surface area (Å²) >= 11 is 0. The third-order valence-electron chi connectivity index (χ3n) is 3.34. The van der Waals surface area contributed by atoms with Crippen LogP contribution < -0.4 is 0 Å². The second-order valence-corrected chi connectivity index (χ2v) is 5.99. The highest BCUT2D eigenvalue weighted by Gasteiger charge is 2.27. The number of oxime groups is 1. The lowest BCUT2D eigenvalue weighted by atomic mass is 10.1. The third kappa shape index (κ3) is 2.56. The van der Waals surface area contributed by atoms with E-state index >= 15 is 0 Å². The van der Waals surface area contributed by atoms with E-state index in [1.54, 1.807) is 0 Å². The van der Waals surface area contributed by atoms with E-state index in [2.05, 4.69) is 10.1 Å². The number of benzene rings is 1. The Morgan fingerprint density at radius 3 is 2.58 bits per heavy atom. The number of rotatable bonds is 1. The van der Waals surface area contributed by atoms with Crippen molar-refractivity contribution in [3.05, 3.63) is 42.2 Å². The van der Waals surface area contributed by atoms with Gasteiger partial charge in [0, 0.05) is 13.1 Å². The molecule has 3 rings (SSSR count). The van der Waals surface area contributed by atoms with E-state index in [-0.39, 0.29) is 0 Å². The maximum atomic E-state index is 12.6. The van der Waals surface area contributed by atoms with Gasteiger partial charge in [0.25, 0.3) is 0 Å². The predicted octanol–water partition coefficient (Wildman–Crippen LogP) is 2.52. The molecule has 1 aromatic rings. The standard InChI is InChI=1S/C14H16N2O2S/c17-19-13(12-7-3-1-4-8-12)11-18-15-14(19)16-9-5-2-6-10-16/h1,3-4,7-8,11H,2,5-6,9-10H2. The molecule has 0 N–H and O–H groups in total. The third-order valence-corrected chi connectivity index (χ3v) is 4.74. The first kappa shape index (κ1) is 12.4. The van der Waals surface area contributed by atoms with E-state index in [9.17, 15) is 4.21 Å². The molecule has 2 heterocycles. The molecular weight excluding hydrogens is 260 g/mol. The van der Waals surface area contributed by atoms with Crippen molar-refractivity contribution in [2.45, 2.75) is 19.3 Å². The number of nitrogens with zero attached hydrogens (tertiary/aromatic N) is 2. The van der Waals surface area contributed by atoms with Gasteiger partial charge in [-0.2, -0.15) is 0 Å². The molecule has 2 aliphatic rings. The van der Waals surface area contributed by atoms with Crippen LogP contribution in [0.5, 0.6) is 0 Å². The van der Waals surface area contributed by atoms with Gasteiger partial charge in [-0.3, -0.25) is 0 Å². The van der Waals surface area contributed by atoms with Crippen molar-refractivity contribution in [1.29, 1.82) is 0 Å². The Morgan fingerprint density at radius 2 is 1.84 bits per heavy atom. The average Bonchev–Trinajstić information content (AvgIpc) is 2.49. The van der Waals surface area contributed by atoms with Gasteiger partial charge < -0.3 is 9.74 Å². The molecule has 0 aliphatic carbocycles. The molecule has 19 heavy (non-hydrogen) atoms. The SMILES string of the molecule is O=S1C(c2ccccc2)=CON=C1N1CCCCC1. The molecule has 0 bridgehead atoms. The predicted molar refractivity (Wildman–Crippen MR) is 76.5 cm³/mol. The Balaban J connectivity index is 1.83. The number of likely N-dealkylation sites (tertiary alicyclic amines) is 1. The van der Waals surface area contributed by atoms with Gasteiger partial charge in [0.15, 0.2) is 0 Å². The van der Waals surface area contributed by atoms with Gasteiger partial charge >= 0.3 is 0 Å². The maximum Gasteiger partial charge on any atom is 0.238 e. The quantitative estimate of drug-likeness (QED) is 0.791. The lowest BCUT2D eigenvalue weighted by Crippen LogP contribution is -2.39. The fourth-order valence-corrected chi connectivity index (χ4v) is 3.54. The summed E-state index contributed by atoms with van der Waals surface area (Å²) < 4.78 is 12.6. The summed E-state index contributed by atoms with van der Waals surface area (Å²) in [6.07, 6.45) is 4.97. The zero-order chi connectivity index (χ0) is 13.1. The van der Waals surface area contributed by atoms with Gasteiger partial charge in [0.1, 0.15) is 17.1 Å². The minimum atomic E-state index is -1.25. The van der Waals surface area contributed by atoms with Crippen molar-refractivity contribution in [1.82, 2.24) is 4.90 Å². The summed E-state index contributed by atoms with van der Waals surface area (Å²) in [4.78, 5) is 7.93. The summed E-state index contributed by atoms with van der Waals surface area (Å²) in [5.74, 6) is 0. The average molecular weight is 276 g/mol. The lowest BCUT2D eigenvalue weighted by molar-refractivity contribution is 0.253. The van der Waals surface area contributed by atoms with Crippen LogP contribution >= 0.6 is 0 Å². The van der Waals surface area contributed by atoms with Crippen molar-refractivity contribution in [3.8, 4) is 0 Å². The second-order valence-electron chi connectivity index (χ2n) is 4.64. The van der Waals surface area contributed by atoms with E-state index in [4.69, 9.17) is 4.84 Å². The molecule has 4 nitrogen and oxygen atoms in total. The zero-order valence-corrected chi connectivity index (χ0v) is 11.4. The van der Waals surface area contributed by atoms with Crippen LogP contribution in [-0.4, -0.2) is 27.4 Å². The second kappa shape index (κ2) is 5.57. The first-order chi connectivity index (χ1) is 9.36. The zero-order valence-electron chi connectivity index (χ0n) is 10.6. The molecule has 1 fully saturated rings. The highest BCUT2D eigenvalue weighted by molar-refractivity contribution is 8.08. The number of hydrogen-bond acceptors (Lipinski definition) is 4. The molecular formula is C14H16N2O2S. The van der Waals surface area contributed by atoms with E-state index < -0.39 is 10.8 Å². The topological polar surface area (TPSA) is 41.9 Å². The van der Waals surface area contributed by atoms with Crippen LogP contribution in [0.4, 0.5) is 0 Å². The highest BCUT2D eigenvalue weighted by Crippen LogP contribution is 2.25. The van der Waals surface area contributed by atoms with Gasteiger partial charge in [-0.15, -0.1) is 0 Å². The van der Waals surface area contributed by atoms with Crippen molar-refractivity contribution in [2.75, 3.05) is 13.1 Å². The molecule has 100 valence electrons. The van der Waals surface area contributed by atoms with Crippen LogP contribution in [0.25, 0.3) is 4.91 Å². The van der Waals surface area contributed by atoms with Crippen LogP contribution in [0.3, 0.4) is 0 Å². The molecule has 0 radical (unpaired) electrons. The molecule has 1 unspecified atom stereocenters. The largest absolute Gasteiger partial charge is 0.361 e. The molecule has 1 saturated heterocycles. The fraction of sp³-hybridized carbons (Fsp3) is 0.357. The van der Waals surface area contributed by atoms with Crippen LogP contribution in [0.15, 0.2) is 41.7 Å². The normalized spacial score (nSPS) is 23.4. The molecule has 0 aromatic heterocycles. The summed E-state index contributed by atoms with van der Waals surface area (Å²) in [6.45, 7) is 1.83. The summed E-state index contributed by atoms with van der Waals surface area (Å²) in [5.41, 5.74) is 0.922. The summed E-state index contributed by atoms with van der Waals surface area (Å²) in [6, 6.07) is 9.67. The monoisotopic (exact) mass is 276 g/mol. The summed E-state index contributed by atoms with van der Waals surface area (Å²) in [5, 5.41) is 4.53.